The van der Waals surface area contributed by atoms with Crippen molar-refractivity contribution in [1.82, 2.24) is 14.4 Å². The van der Waals surface area contributed by atoms with Gasteiger partial charge in [0.2, 0.25) is 5.88 Å². The van der Waals surface area contributed by atoms with Crippen LogP contribution in [0.4, 0.5) is 4.39 Å². The maximum Gasteiger partial charge on any atom is 0.212 e. The summed E-state index contributed by atoms with van der Waals surface area (Å²) in [5.41, 5.74) is 1.89. The fourth-order valence-corrected chi connectivity index (χ4v) is 1.82. The summed E-state index contributed by atoms with van der Waals surface area (Å²) < 4.78 is 20.4. The van der Waals surface area contributed by atoms with Gasteiger partial charge >= 0.3 is 0 Å². The van der Waals surface area contributed by atoms with E-state index >= 15 is 0 Å². The molecule has 0 aliphatic carbocycles. The number of halogens is 1. The third-order valence-electron chi connectivity index (χ3n) is 2.72. The Morgan fingerprint density at radius 2 is 2.11 bits per heavy atom. The largest absolute Gasteiger partial charge is 0.481 e. The lowest BCUT2D eigenvalue weighted by Gasteiger charge is -2.04. The molecule has 0 saturated heterocycles. The molecule has 0 atom stereocenters. The third-order valence-corrected chi connectivity index (χ3v) is 2.72. The molecule has 3 aromatic heterocycles. The van der Waals surface area contributed by atoms with E-state index in [4.69, 9.17) is 4.74 Å². The van der Waals surface area contributed by atoms with E-state index in [1.165, 1.54) is 6.07 Å². The Morgan fingerprint density at radius 1 is 1.22 bits per heavy atom. The van der Waals surface area contributed by atoms with Gasteiger partial charge in [-0.1, -0.05) is 0 Å². The molecular weight excluding hydrogens is 233 g/mol. The Bertz CT molecular complexity index is 691. The monoisotopic (exact) mass is 243 g/mol. The van der Waals surface area contributed by atoms with Crippen LogP contribution in [0.2, 0.25) is 0 Å². The Balaban J connectivity index is 2.12. The lowest BCUT2D eigenvalue weighted by molar-refractivity contribution is 0.398. The number of fused-ring (bicyclic) bond motifs is 1. The number of hydrogen-bond acceptors (Lipinski definition) is 3. The van der Waals surface area contributed by atoms with Crippen LogP contribution >= 0.6 is 0 Å². The maximum absolute atomic E-state index is 13.8. The van der Waals surface area contributed by atoms with Crippen LogP contribution in [0.3, 0.4) is 0 Å². The van der Waals surface area contributed by atoms with Crippen molar-refractivity contribution >= 4 is 5.65 Å². The number of aromatic nitrogens is 3. The molecular formula is C13H10FN3O. The van der Waals surface area contributed by atoms with Crippen molar-refractivity contribution in [3.63, 3.8) is 0 Å². The minimum atomic E-state index is -0.353. The van der Waals surface area contributed by atoms with E-state index in [0.29, 0.717) is 11.5 Å². The van der Waals surface area contributed by atoms with Gasteiger partial charge < -0.3 is 9.14 Å². The number of nitrogens with zero attached hydrogens (tertiary/aromatic N) is 3. The highest BCUT2D eigenvalue weighted by Gasteiger charge is 2.07. The van der Waals surface area contributed by atoms with Crippen LogP contribution < -0.4 is 4.74 Å². The molecule has 4 nitrogen and oxygen atoms in total. The maximum atomic E-state index is 13.8. The molecule has 5 heteroatoms. The Kier molecular flexibility index (Phi) is 2.44. The van der Waals surface area contributed by atoms with Gasteiger partial charge in [-0.05, 0) is 12.1 Å². The summed E-state index contributed by atoms with van der Waals surface area (Å²) in [5, 5.41) is 0. The molecule has 0 fully saturated rings. The van der Waals surface area contributed by atoms with E-state index in [-0.39, 0.29) is 5.82 Å². The number of hydrogen-bond donors (Lipinski definition) is 0. The second-order valence-electron chi connectivity index (χ2n) is 3.82. The minimum absolute atomic E-state index is 0.320. The highest BCUT2D eigenvalue weighted by molar-refractivity contribution is 5.64. The molecule has 3 rings (SSSR count). The van der Waals surface area contributed by atoms with Crippen LogP contribution in [0.1, 0.15) is 0 Å². The number of ether oxygens (including phenoxy) is 1. The third kappa shape index (κ3) is 1.69. The summed E-state index contributed by atoms with van der Waals surface area (Å²) in [5.74, 6) is 0.177. The molecule has 0 spiro atoms. The van der Waals surface area contributed by atoms with E-state index in [2.05, 4.69) is 9.97 Å². The van der Waals surface area contributed by atoms with Gasteiger partial charge in [-0.2, -0.15) is 0 Å². The van der Waals surface area contributed by atoms with Crippen LogP contribution in [0.15, 0.2) is 43.0 Å². The predicted octanol–water partition coefficient (Wildman–Crippen LogP) is 2.54. The van der Waals surface area contributed by atoms with Crippen molar-refractivity contribution in [3.8, 4) is 17.0 Å². The van der Waals surface area contributed by atoms with Crippen molar-refractivity contribution in [2.75, 3.05) is 7.11 Å². The first-order valence-corrected chi connectivity index (χ1v) is 5.40. The van der Waals surface area contributed by atoms with Gasteiger partial charge in [-0.15, -0.1) is 0 Å². The molecule has 0 radical (unpaired) electrons. The quantitative estimate of drug-likeness (QED) is 0.694. The molecule has 3 heterocycles. The topological polar surface area (TPSA) is 39.4 Å². The van der Waals surface area contributed by atoms with Gasteiger partial charge in [0, 0.05) is 42.0 Å². The molecule has 0 saturated carbocycles. The SMILES string of the molecule is COc1ccc(-c2cc(F)c3nccn3c2)cn1. The van der Waals surface area contributed by atoms with Gasteiger partial charge in [0.05, 0.1) is 7.11 Å². The lowest BCUT2D eigenvalue weighted by atomic mass is 10.1. The van der Waals surface area contributed by atoms with E-state index in [1.54, 1.807) is 36.2 Å². The van der Waals surface area contributed by atoms with Crippen molar-refractivity contribution in [3.05, 3.63) is 48.8 Å². The number of imidazole rings is 1. The highest BCUT2D eigenvalue weighted by atomic mass is 19.1. The minimum Gasteiger partial charge on any atom is -0.481 e. The van der Waals surface area contributed by atoms with Gasteiger partial charge in [-0.25, -0.2) is 14.4 Å². The normalized spacial score (nSPS) is 10.8. The van der Waals surface area contributed by atoms with Gasteiger partial charge in [0.25, 0.3) is 0 Å². The first-order valence-electron chi connectivity index (χ1n) is 5.40. The summed E-state index contributed by atoms with van der Waals surface area (Å²) in [6, 6.07) is 5.03. The number of pyridine rings is 2. The molecule has 0 aliphatic heterocycles. The van der Waals surface area contributed by atoms with Crippen LogP contribution in [0.25, 0.3) is 16.8 Å². The molecule has 0 unspecified atom stereocenters. The Hall–Kier alpha value is -2.43. The van der Waals surface area contributed by atoms with E-state index < -0.39 is 0 Å². The standard InChI is InChI=1S/C13H10FN3O/c1-18-12-3-2-9(7-16-12)10-6-11(14)13-15-4-5-17(13)8-10/h2-8H,1H3. The Morgan fingerprint density at radius 3 is 2.83 bits per heavy atom. The summed E-state index contributed by atoms with van der Waals surface area (Å²) in [6.07, 6.45) is 6.73. The van der Waals surface area contributed by atoms with Crippen LogP contribution in [-0.4, -0.2) is 21.5 Å². The van der Waals surface area contributed by atoms with Crippen molar-refractivity contribution in [2.24, 2.45) is 0 Å². The highest BCUT2D eigenvalue weighted by Crippen LogP contribution is 2.22. The van der Waals surface area contributed by atoms with Crippen LogP contribution in [0.5, 0.6) is 5.88 Å². The Labute approximate surface area is 103 Å². The zero-order valence-corrected chi connectivity index (χ0v) is 9.67. The smallest absolute Gasteiger partial charge is 0.212 e. The summed E-state index contributed by atoms with van der Waals surface area (Å²) in [6.45, 7) is 0. The average molecular weight is 243 g/mol. The van der Waals surface area contributed by atoms with Crippen LogP contribution in [-0.2, 0) is 0 Å². The second kappa shape index (κ2) is 4.10. The summed E-state index contributed by atoms with van der Waals surface area (Å²) >= 11 is 0. The fraction of sp³-hybridized carbons (Fsp3) is 0.0769. The molecule has 0 N–H and O–H groups in total. The van der Waals surface area contributed by atoms with Gasteiger partial charge in [-0.3, -0.25) is 0 Å². The molecule has 0 aliphatic rings. The summed E-state index contributed by atoms with van der Waals surface area (Å²) in [7, 11) is 1.55. The molecule has 0 aromatic carbocycles. The average Bonchev–Trinajstić information content (AvgIpc) is 2.88. The zero-order valence-electron chi connectivity index (χ0n) is 9.67. The molecule has 0 amide bonds. The fourth-order valence-electron chi connectivity index (χ4n) is 1.82. The number of methoxy groups -OCH3 is 1. The van der Waals surface area contributed by atoms with Crippen molar-refractivity contribution in [2.45, 2.75) is 0 Å². The van der Waals surface area contributed by atoms with Crippen LogP contribution in [0, 0.1) is 5.82 Å². The number of rotatable bonds is 2. The molecule has 3 aromatic rings. The first kappa shape index (κ1) is 10.7. The molecule has 90 valence electrons. The zero-order chi connectivity index (χ0) is 12.5. The first-order chi connectivity index (χ1) is 8.78. The van der Waals surface area contributed by atoms with E-state index in [1.807, 2.05) is 12.3 Å². The van der Waals surface area contributed by atoms with Gasteiger partial charge in [0.1, 0.15) is 0 Å². The van der Waals surface area contributed by atoms with Crippen molar-refractivity contribution in [1.29, 1.82) is 0 Å². The second-order valence-corrected chi connectivity index (χ2v) is 3.82. The van der Waals surface area contributed by atoms with Crippen molar-refractivity contribution < 1.29 is 9.13 Å². The molecule has 18 heavy (non-hydrogen) atoms. The summed E-state index contributed by atoms with van der Waals surface area (Å²) in [4.78, 5) is 8.03. The molecule has 0 bridgehead atoms. The van der Waals surface area contributed by atoms with Gasteiger partial charge in [0.15, 0.2) is 11.5 Å². The lowest BCUT2D eigenvalue weighted by Crippen LogP contribution is -1.92. The van der Waals surface area contributed by atoms with E-state index in [9.17, 15) is 4.39 Å². The van der Waals surface area contributed by atoms with E-state index in [0.717, 1.165) is 11.1 Å². The predicted molar refractivity (Wildman–Crippen MR) is 64.9 cm³/mol.